The van der Waals surface area contributed by atoms with E-state index in [0.717, 1.165) is 27.4 Å². The zero-order valence-corrected chi connectivity index (χ0v) is 17.2. The third kappa shape index (κ3) is 3.79. The Morgan fingerprint density at radius 2 is 1.27 bits per heavy atom. The van der Waals surface area contributed by atoms with E-state index in [1.165, 1.54) is 0 Å². The summed E-state index contributed by atoms with van der Waals surface area (Å²) in [6.45, 7) is 5.17. The Kier molecular flexibility index (Phi) is 5.04. The SMILES string of the molecule is CC(C)(C)OC(=O)OC(=O)C(c1ccccc1)n1c2ccccc2c2ccccc21. The van der Waals surface area contributed by atoms with Gasteiger partial charge in [0.2, 0.25) is 0 Å². The van der Waals surface area contributed by atoms with E-state index in [2.05, 4.69) is 0 Å². The average molecular weight is 401 g/mol. The molecule has 5 heteroatoms. The van der Waals surface area contributed by atoms with Gasteiger partial charge >= 0.3 is 12.1 Å². The van der Waals surface area contributed by atoms with Gasteiger partial charge in [0.15, 0.2) is 6.04 Å². The number of benzene rings is 3. The number of hydrogen-bond acceptors (Lipinski definition) is 4. The van der Waals surface area contributed by atoms with Crippen LogP contribution in [0, 0.1) is 0 Å². The third-order valence-corrected chi connectivity index (χ3v) is 4.79. The molecular formula is C25H23NO4. The molecule has 1 aromatic heterocycles. The molecule has 0 aliphatic carbocycles. The molecule has 4 rings (SSSR count). The highest BCUT2D eigenvalue weighted by atomic mass is 16.7. The molecule has 0 aliphatic rings. The molecule has 3 aromatic carbocycles. The molecular weight excluding hydrogens is 378 g/mol. The molecule has 0 aliphatic heterocycles. The van der Waals surface area contributed by atoms with Crippen molar-refractivity contribution < 1.29 is 19.1 Å². The van der Waals surface area contributed by atoms with Crippen LogP contribution in [0.3, 0.4) is 0 Å². The summed E-state index contributed by atoms with van der Waals surface area (Å²) in [4.78, 5) is 25.5. The van der Waals surface area contributed by atoms with Crippen LogP contribution in [0.2, 0.25) is 0 Å². The second-order valence-electron chi connectivity index (χ2n) is 8.10. The van der Waals surface area contributed by atoms with Crippen molar-refractivity contribution in [3.63, 3.8) is 0 Å². The Morgan fingerprint density at radius 3 is 1.80 bits per heavy atom. The van der Waals surface area contributed by atoms with Crippen molar-refractivity contribution in [3.8, 4) is 0 Å². The average Bonchev–Trinajstić information content (AvgIpc) is 3.02. The van der Waals surface area contributed by atoms with Crippen molar-refractivity contribution >= 4 is 33.9 Å². The van der Waals surface area contributed by atoms with Crippen LogP contribution in [0.5, 0.6) is 0 Å². The summed E-state index contributed by atoms with van der Waals surface area (Å²) < 4.78 is 12.3. The van der Waals surface area contributed by atoms with E-state index in [9.17, 15) is 9.59 Å². The molecule has 0 amide bonds. The van der Waals surface area contributed by atoms with Crippen LogP contribution < -0.4 is 0 Å². The monoisotopic (exact) mass is 401 g/mol. The number of ether oxygens (including phenoxy) is 2. The molecule has 30 heavy (non-hydrogen) atoms. The first-order chi connectivity index (χ1) is 14.3. The summed E-state index contributed by atoms with van der Waals surface area (Å²) in [6.07, 6.45) is -1.01. The van der Waals surface area contributed by atoms with Gasteiger partial charge in [0.1, 0.15) is 5.60 Å². The van der Waals surface area contributed by atoms with Crippen molar-refractivity contribution in [1.29, 1.82) is 0 Å². The van der Waals surface area contributed by atoms with Crippen molar-refractivity contribution in [3.05, 3.63) is 84.4 Å². The summed E-state index contributed by atoms with van der Waals surface area (Å²) in [5.74, 6) is -0.693. The van der Waals surface area contributed by atoms with E-state index >= 15 is 0 Å². The highest BCUT2D eigenvalue weighted by Crippen LogP contribution is 2.34. The lowest BCUT2D eigenvalue weighted by molar-refractivity contribution is -0.143. The third-order valence-electron chi connectivity index (χ3n) is 4.79. The molecule has 0 N–H and O–H groups in total. The van der Waals surface area contributed by atoms with Gasteiger partial charge in [-0.2, -0.15) is 0 Å². The minimum Gasteiger partial charge on any atom is -0.428 e. The quantitative estimate of drug-likeness (QED) is 0.319. The number of fused-ring (bicyclic) bond motifs is 3. The molecule has 0 saturated carbocycles. The molecule has 1 unspecified atom stereocenters. The highest BCUT2D eigenvalue weighted by Gasteiger charge is 2.31. The lowest BCUT2D eigenvalue weighted by atomic mass is 10.1. The molecule has 0 saturated heterocycles. The molecule has 0 spiro atoms. The number of rotatable bonds is 3. The van der Waals surface area contributed by atoms with Crippen LogP contribution >= 0.6 is 0 Å². The van der Waals surface area contributed by atoms with Crippen LogP contribution in [-0.4, -0.2) is 22.3 Å². The van der Waals surface area contributed by atoms with Crippen molar-refractivity contribution in [2.24, 2.45) is 0 Å². The van der Waals surface area contributed by atoms with E-state index in [-0.39, 0.29) is 0 Å². The maximum atomic E-state index is 13.3. The predicted molar refractivity (Wildman–Crippen MR) is 116 cm³/mol. The topological polar surface area (TPSA) is 57.5 Å². The number of carbonyl (C=O) groups excluding carboxylic acids is 2. The van der Waals surface area contributed by atoms with Gasteiger partial charge < -0.3 is 14.0 Å². The first-order valence-corrected chi connectivity index (χ1v) is 9.82. The number of para-hydroxylation sites is 2. The fraction of sp³-hybridized carbons (Fsp3) is 0.200. The Balaban J connectivity index is 1.88. The smallest absolute Gasteiger partial charge is 0.428 e. The van der Waals surface area contributed by atoms with Crippen LogP contribution in [0.4, 0.5) is 4.79 Å². The Hall–Kier alpha value is -3.60. The molecule has 0 radical (unpaired) electrons. The first kappa shape index (κ1) is 19.7. The minimum atomic E-state index is -1.01. The van der Waals surface area contributed by atoms with E-state index in [1.54, 1.807) is 20.8 Å². The standard InChI is InChI=1S/C25H23NO4/c1-25(2,3)30-24(28)29-23(27)22(17-11-5-4-6-12-17)26-20-15-9-7-13-18(20)19-14-8-10-16-21(19)26/h4-16,22H,1-3H3. The normalized spacial score (nSPS) is 12.6. The fourth-order valence-electron chi connectivity index (χ4n) is 3.67. The number of carbonyl (C=O) groups is 2. The summed E-state index contributed by atoms with van der Waals surface area (Å²) in [5.41, 5.74) is 1.73. The van der Waals surface area contributed by atoms with E-state index < -0.39 is 23.8 Å². The van der Waals surface area contributed by atoms with Gasteiger partial charge in [0.05, 0.1) is 11.0 Å². The van der Waals surface area contributed by atoms with Gasteiger partial charge in [-0.25, -0.2) is 9.59 Å². The van der Waals surface area contributed by atoms with Crippen LogP contribution in [0.25, 0.3) is 21.8 Å². The molecule has 4 aromatic rings. The summed E-state index contributed by atoms with van der Waals surface area (Å²) in [6, 6.07) is 24.2. The van der Waals surface area contributed by atoms with Gasteiger partial charge in [-0.3, -0.25) is 0 Å². The van der Waals surface area contributed by atoms with Crippen molar-refractivity contribution in [2.75, 3.05) is 0 Å². The van der Waals surface area contributed by atoms with Gasteiger partial charge in [-0.15, -0.1) is 0 Å². The first-order valence-electron chi connectivity index (χ1n) is 9.82. The summed E-state index contributed by atoms with van der Waals surface area (Å²) in [7, 11) is 0. The molecule has 0 bridgehead atoms. The summed E-state index contributed by atoms with van der Waals surface area (Å²) in [5, 5.41) is 2.05. The van der Waals surface area contributed by atoms with Crippen LogP contribution in [-0.2, 0) is 14.3 Å². The predicted octanol–water partition coefficient (Wildman–Crippen LogP) is 5.86. The second-order valence-corrected chi connectivity index (χ2v) is 8.10. The maximum Gasteiger partial charge on any atom is 0.516 e. The number of hydrogen-bond donors (Lipinski definition) is 0. The van der Waals surface area contributed by atoms with Gasteiger partial charge in [-0.05, 0) is 38.5 Å². The minimum absolute atomic E-state index is 0.693. The molecule has 152 valence electrons. The fourth-order valence-corrected chi connectivity index (χ4v) is 3.67. The van der Waals surface area contributed by atoms with Crippen LogP contribution in [0.15, 0.2) is 78.9 Å². The molecule has 0 fully saturated rings. The van der Waals surface area contributed by atoms with Gasteiger partial charge in [0, 0.05) is 10.8 Å². The van der Waals surface area contributed by atoms with Gasteiger partial charge in [-0.1, -0.05) is 66.7 Å². The lowest BCUT2D eigenvalue weighted by Crippen LogP contribution is -2.30. The number of aromatic nitrogens is 1. The lowest BCUT2D eigenvalue weighted by Gasteiger charge is -2.22. The Bertz CT molecular complexity index is 1170. The van der Waals surface area contributed by atoms with E-state index in [1.807, 2.05) is 83.4 Å². The molecule has 1 heterocycles. The Labute approximate surface area is 174 Å². The van der Waals surface area contributed by atoms with Crippen molar-refractivity contribution in [1.82, 2.24) is 4.57 Å². The van der Waals surface area contributed by atoms with E-state index in [0.29, 0.717) is 0 Å². The largest absolute Gasteiger partial charge is 0.516 e. The molecule has 1 atom stereocenters. The highest BCUT2D eigenvalue weighted by molar-refractivity contribution is 6.09. The second kappa shape index (κ2) is 7.67. The Morgan fingerprint density at radius 1 is 0.767 bits per heavy atom. The zero-order valence-electron chi connectivity index (χ0n) is 17.2. The molecule has 5 nitrogen and oxygen atoms in total. The zero-order chi connectivity index (χ0) is 21.3. The number of nitrogens with zero attached hydrogens (tertiary/aromatic N) is 1. The van der Waals surface area contributed by atoms with Gasteiger partial charge in [0.25, 0.3) is 0 Å². The maximum absolute atomic E-state index is 13.3. The van der Waals surface area contributed by atoms with Crippen LogP contribution in [0.1, 0.15) is 32.4 Å². The van der Waals surface area contributed by atoms with E-state index in [4.69, 9.17) is 9.47 Å². The number of esters is 1. The van der Waals surface area contributed by atoms with Crippen molar-refractivity contribution in [2.45, 2.75) is 32.4 Å². The summed E-state index contributed by atoms with van der Waals surface area (Å²) >= 11 is 0.